The molecule has 1 saturated carbocycles. The van der Waals surface area contributed by atoms with Crippen molar-refractivity contribution in [3.63, 3.8) is 0 Å². The molecule has 11 rings (SSSR count). The smallest absolute Gasteiger partial charge is 0.130 e. The predicted octanol–water partition coefficient (Wildman–Crippen LogP) is 16.6. The fourth-order valence-electron chi connectivity index (χ4n) is 10.4. The molecule has 3 nitrogen and oxygen atoms in total. The van der Waals surface area contributed by atoms with Crippen LogP contribution >= 0.6 is 0 Å². The Kier molecular flexibility index (Phi) is 11.3. The molecule has 0 saturated heterocycles. The largest absolute Gasteiger partial charge is 0.461 e. The number of benzene rings is 6. The molecule has 1 fully saturated rings. The van der Waals surface area contributed by atoms with Crippen LogP contribution in [0.25, 0.3) is 49.8 Å². The molecule has 2 unspecified atom stereocenters. The van der Waals surface area contributed by atoms with E-state index in [1.165, 1.54) is 81.0 Å². The second-order valence-corrected chi connectivity index (χ2v) is 18.5. The van der Waals surface area contributed by atoms with Crippen molar-refractivity contribution in [2.24, 2.45) is 11.8 Å². The monoisotopic (exact) mass is 846 g/mol. The van der Waals surface area contributed by atoms with Crippen molar-refractivity contribution in [3.05, 3.63) is 233 Å². The fraction of sp³-hybridized carbons (Fsp3) is 0.210. The van der Waals surface area contributed by atoms with Gasteiger partial charge in [0.15, 0.2) is 0 Å². The van der Waals surface area contributed by atoms with Gasteiger partial charge in [-0.15, -0.1) is 0 Å². The van der Waals surface area contributed by atoms with E-state index in [0.29, 0.717) is 11.6 Å². The van der Waals surface area contributed by atoms with Crippen molar-refractivity contribution in [2.45, 2.75) is 72.1 Å². The average Bonchev–Trinajstić information content (AvgIpc) is 3.86. The van der Waals surface area contributed by atoms with Crippen LogP contribution in [0.4, 0.5) is 0 Å². The molecule has 0 spiro atoms. The molecule has 2 atom stereocenters. The maximum absolute atomic E-state index is 9.51. The average molecular weight is 847 g/mol. The number of ether oxygens (including phenoxy) is 1. The van der Waals surface area contributed by atoms with E-state index < -0.39 is 0 Å². The zero-order valence-corrected chi connectivity index (χ0v) is 38.4. The summed E-state index contributed by atoms with van der Waals surface area (Å²) in [5.41, 5.74) is 18.2. The molecule has 3 heteroatoms. The number of para-hydroxylation sites is 1. The second kappa shape index (κ2) is 17.5. The van der Waals surface area contributed by atoms with E-state index in [-0.39, 0.29) is 11.8 Å². The maximum atomic E-state index is 9.51. The minimum atomic E-state index is 0.111. The van der Waals surface area contributed by atoms with E-state index in [9.17, 15) is 5.41 Å². The molecule has 4 aliphatic rings. The van der Waals surface area contributed by atoms with Gasteiger partial charge in [-0.3, -0.25) is 0 Å². The predicted molar refractivity (Wildman–Crippen MR) is 275 cm³/mol. The van der Waals surface area contributed by atoms with Gasteiger partial charge in [0, 0.05) is 34.0 Å². The van der Waals surface area contributed by atoms with Gasteiger partial charge in [0.25, 0.3) is 0 Å². The van der Waals surface area contributed by atoms with Crippen molar-refractivity contribution in [3.8, 4) is 11.1 Å². The molecular formula is C62H58N2O. The molecule has 3 aliphatic carbocycles. The quantitative estimate of drug-likeness (QED) is 0.144. The van der Waals surface area contributed by atoms with Gasteiger partial charge in [0.2, 0.25) is 0 Å². The van der Waals surface area contributed by atoms with Gasteiger partial charge in [-0.2, -0.15) is 0 Å². The van der Waals surface area contributed by atoms with Gasteiger partial charge in [-0.1, -0.05) is 168 Å². The van der Waals surface area contributed by atoms with Crippen molar-refractivity contribution in [1.82, 2.24) is 4.57 Å². The van der Waals surface area contributed by atoms with Crippen LogP contribution in [0, 0.1) is 24.2 Å². The van der Waals surface area contributed by atoms with E-state index in [2.05, 4.69) is 210 Å². The molecule has 0 radical (unpaired) electrons. The summed E-state index contributed by atoms with van der Waals surface area (Å²) in [7, 11) is 0. The Hall–Kier alpha value is -6.97. The lowest BCUT2D eigenvalue weighted by molar-refractivity contribution is 0.310. The van der Waals surface area contributed by atoms with Crippen molar-refractivity contribution in [1.29, 1.82) is 5.41 Å². The molecule has 0 amide bonds. The summed E-state index contributed by atoms with van der Waals surface area (Å²) in [6, 6.07) is 50.3. The van der Waals surface area contributed by atoms with Gasteiger partial charge in [-0.05, 0) is 136 Å². The Morgan fingerprint density at radius 2 is 1.43 bits per heavy atom. The van der Waals surface area contributed by atoms with Crippen LogP contribution in [0.3, 0.4) is 0 Å². The molecule has 2 heterocycles. The first kappa shape index (κ1) is 42.0. The number of aromatic nitrogens is 1. The Bertz CT molecular complexity index is 3180. The van der Waals surface area contributed by atoms with Crippen molar-refractivity contribution < 1.29 is 4.74 Å². The molecule has 6 aromatic carbocycles. The number of hydrogen-bond acceptors (Lipinski definition) is 2. The lowest BCUT2D eigenvalue weighted by atomic mass is 9.67. The van der Waals surface area contributed by atoms with Crippen LogP contribution in [0.5, 0.6) is 0 Å². The molecule has 7 aromatic rings. The molecule has 1 aliphatic heterocycles. The molecule has 1 N–H and O–H groups in total. The summed E-state index contributed by atoms with van der Waals surface area (Å²) < 4.78 is 9.08. The number of nitrogens with zero attached hydrogens (tertiary/aromatic N) is 1. The summed E-state index contributed by atoms with van der Waals surface area (Å²) in [6.07, 6.45) is 16.0. The first-order valence-electron chi connectivity index (χ1n) is 23.6. The molecule has 0 bridgehead atoms. The molecule has 322 valence electrons. The third kappa shape index (κ3) is 7.47. The van der Waals surface area contributed by atoms with Crippen LogP contribution in [0.15, 0.2) is 194 Å². The maximum Gasteiger partial charge on any atom is 0.130 e. The fourth-order valence-corrected chi connectivity index (χ4v) is 10.4. The van der Waals surface area contributed by atoms with Crippen molar-refractivity contribution >= 4 is 44.4 Å². The molecular weight excluding hydrogens is 789 g/mol. The van der Waals surface area contributed by atoms with Gasteiger partial charge >= 0.3 is 0 Å². The van der Waals surface area contributed by atoms with E-state index in [0.717, 1.165) is 56.4 Å². The highest BCUT2D eigenvalue weighted by Gasteiger charge is 2.45. The summed E-state index contributed by atoms with van der Waals surface area (Å²) in [5.74, 6) is 3.59. The third-order valence-electron chi connectivity index (χ3n) is 14.2. The van der Waals surface area contributed by atoms with Gasteiger partial charge in [0.1, 0.15) is 11.5 Å². The van der Waals surface area contributed by atoms with Crippen LogP contribution in [-0.4, -0.2) is 10.3 Å². The topological polar surface area (TPSA) is 38.0 Å². The van der Waals surface area contributed by atoms with Crippen LogP contribution in [-0.2, 0) is 4.74 Å². The molecule has 1 aromatic heterocycles. The van der Waals surface area contributed by atoms with E-state index in [1.807, 2.05) is 6.08 Å². The number of aryl methyl sites for hydroxylation is 1. The number of fused-ring (bicyclic) bond motifs is 5. The van der Waals surface area contributed by atoms with E-state index in [4.69, 9.17) is 4.74 Å². The molecule has 65 heavy (non-hydrogen) atoms. The highest BCUT2D eigenvalue weighted by Crippen LogP contribution is 2.57. The highest BCUT2D eigenvalue weighted by atomic mass is 16.5. The first-order valence-corrected chi connectivity index (χ1v) is 23.6. The minimum Gasteiger partial charge on any atom is -0.461 e. The van der Waals surface area contributed by atoms with Crippen LogP contribution in [0.2, 0.25) is 0 Å². The Morgan fingerprint density at radius 1 is 0.754 bits per heavy atom. The zero-order valence-electron chi connectivity index (χ0n) is 38.4. The van der Waals surface area contributed by atoms with E-state index >= 15 is 0 Å². The van der Waals surface area contributed by atoms with E-state index in [1.54, 1.807) is 0 Å². The van der Waals surface area contributed by atoms with Crippen LogP contribution < -0.4 is 0 Å². The van der Waals surface area contributed by atoms with Gasteiger partial charge in [0.05, 0.1) is 22.7 Å². The van der Waals surface area contributed by atoms with Crippen LogP contribution in [0.1, 0.15) is 104 Å². The minimum absolute atomic E-state index is 0.111. The number of rotatable bonds is 9. The Morgan fingerprint density at radius 3 is 2.14 bits per heavy atom. The number of allylic oxidation sites excluding steroid dienone is 8. The number of hydrogen-bond donors (Lipinski definition) is 1. The Balaban J connectivity index is 0.000000946. The SMILES string of the molecule is C=CC1=C2/C(=C\C)c3ccccc3C3C=C(n4c5ccccc5c5cc(/C(=C\C(=N)c6ccc(-c7ccccc7C7CCC7)c(C)c6)c6ccccc6)ccc54)C=C(O1)C23.CCC(C)C. The normalized spacial score (nSPS) is 18.4. The highest BCUT2D eigenvalue weighted by molar-refractivity contribution is 6.15. The summed E-state index contributed by atoms with van der Waals surface area (Å²) in [5, 5.41) is 11.9. The first-order chi connectivity index (χ1) is 31.8. The summed E-state index contributed by atoms with van der Waals surface area (Å²) in [4.78, 5) is 0. The van der Waals surface area contributed by atoms with Gasteiger partial charge in [-0.25, -0.2) is 0 Å². The standard InChI is InChI=1S/C57H46N2O.C5H12/c1-4-41-44-21-11-12-23-46(44)50-32-40(33-55-57(50)56(41)54(5-2)60-55)59-52-25-14-13-24-47(52)49-31-38(27-29-53(49)59)48(37-16-7-6-8-17-37)34-51(58)39-26-28-42(35(3)30-39)45-22-10-9-20-43(45)36-18-15-19-36;1-4-5(2)3/h4-14,16-17,20-34,36,50,57-58H,2,15,18-19H2,1,3H3;5H,4H2,1-3H3/b41-4-,48-34-,58-51?;. The number of nitrogens with one attached hydrogen (secondary N) is 1. The second-order valence-electron chi connectivity index (χ2n) is 18.5. The summed E-state index contributed by atoms with van der Waals surface area (Å²) in [6.45, 7) is 15.1. The lowest BCUT2D eigenvalue weighted by Crippen LogP contribution is -2.23. The lowest BCUT2D eigenvalue weighted by Gasteiger charge is -2.35. The third-order valence-corrected chi connectivity index (χ3v) is 14.2. The van der Waals surface area contributed by atoms with Crippen molar-refractivity contribution in [2.75, 3.05) is 0 Å². The zero-order chi connectivity index (χ0) is 44.8. The summed E-state index contributed by atoms with van der Waals surface area (Å²) >= 11 is 0. The van der Waals surface area contributed by atoms with Gasteiger partial charge < -0.3 is 14.7 Å². The Labute approximate surface area is 385 Å².